The lowest BCUT2D eigenvalue weighted by molar-refractivity contribution is -0.139. The van der Waals surface area contributed by atoms with Crippen LogP contribution in [0.25, 0.3) is 0 Å². The van der Waals surface area contributed by atoms with E-state index in [-0.39, 0.29) is 0 Å². The van der Waals surface area contributed by atoms with E-state index in [2.05, 4.69) is 32.9 Å². The molecule has 0 aliphatic carbocycles. The standard InChI is InChI=1S/C18H28N4OS/c1-3-14-11-19-18(20-12-14)21-9-7-16-15(13-21)5-6-17(23)22(16)8-4-10-24-2/h11-12,15-16H,3-10,13H2,1-2H3/t15-,16+/m0/s1. The molecule has 0 radical (unpaired) electrons. The summed E-state index contributed by atoms with van der Waals surface area (Å²) in [5.74, 6) is 2.89. The van der Waals surface area contributed by atoms with Crippen LogP contribution in [-0.4, -0.2) is 58.5 Å². The van der Waals surface area contributed by atoms with E-state index in [9.17, 15) is 4.79 Å². The van der Waals surface area contributed by atoms with Gasteiger partial charge >= 0.3 is 0 Å². The first-order valence-corrected chi connectivity index (χ1v) is 10.5. The van der Waals surface area contributed by atoms with E-state index < -0.39 is 0 Å². The van der Waals surface area contributed by atoms with Gasteiger partial charge < -0.3 is 9.80 Å². The highest BCUT2D eigenvalue weighted by atomic mass is 32.2. The predicted molar refractivity (Wildman–Crippen MR) is 99.5 cm³/mol. The number of thioether (sulfide) groups is 1. The molecule has 0 bridgehead atoms. The number of rotatable bonds is 6. The Morgan fingerprint density at radius 3 is 2.79 bits per heavy atom. The van der Waals surface area contributed by atoms with Gasteiger partial charge in [-0.2, -0.15) is 11.8 Å². The van der Waals surface area contributed by atoms with Crippen LogP contribution >= 0.6 is 11.8 Å². The first-order valence-electron chi connectivity index (χ1n) is 9.07. The summed E-state index contributed by atoms with van der Waals surface area (Å²) in [7, 11) is 0. The van der Waals surface area contributed by atoms with E-state index in [1.165, 1.54) is 5.56 Å². The van der Waals surface area contributed by atoms with Crippen molar-refractivity contribution in [2.24, 2.45) is 5.92 Å². The third-order valence-corrected chi connectivity index (χ3v) is 5.97. The Balaban J connectivity index is 1.64. The molecule has 0 saturated carbocycles. The highest BCUT2D eigenvalue weighted by Crippen LogP contribution is 2.32. The number of carbonyl (C=O) groups excluding carboxylic acids is 1. The molecule has 1 aromatic rings. The van der Waals surface area contributed by atoms with E-state index in [0.717, 1.165) is 57.0 Å². The van der Waals surface area contributed by atoms with Gasteiger partial charge in [-0.05, 0) is 49.2 Å². The summed E-state index contributed by atoms with van der Waals surface area (Å²) in [6, 6.07) is 0.416. The lowest BCUT2D eigenvalue weighted by Gasteiger charge is -2.47. The molecule has 2 atom stereocenters. The zero-order valence-electron chi connectivity index (χ0n) is 14.8. The predicted octanol–water partition coefficient (Wildman–Crippen LogP) is 2.61. The van der Waals surface area contributed by atoms with Gasteiger partial charge in [-0.1, -0.05) is 6.92 Å². The van der Waals surface area contributed by atoms with Crippen LogP contribution in [0.4, 0.5) is 5.95 Å². The number of fused-ring (bicyclic) bond motifs is 1. The van der Waals surface area contributed by atoms with Gasteiger partial charge in [-0.3, -0.25) is 4.79 Å². The van der Waals surface area contributed by atoms with Gasteiger partial charge in [0.05, 0.1) is 0 Å². The zero-order chi connectivity index (χ0) is 16.9. The molecule has 2 aliphatic rings. The first-order chi connectivity index (χ1) is 11.7. The van der Waals surface area contributed by atoms with Crippen LogP contribution in [-0.2, 0) is 11.2 Å². The summed E-state index contributed by atoms with van der Waals surface area (Å²) in [5.41, 5.74) is 1.18. The maximum absolute atomic E-state index is 12.3. The second-order valence-electron chi connectivity index (χ2n) is 6.78. The van der Waals surface area contributed by atoms with Crippen LogP contribution in [0.3, 0.4) is 0 Å². The van der Waals surface area contributed by atoms with E-state index in [1.807, 2.05) is 24.2 Å². The maximum Gasteiger partial charge on any atom is 0.225 e. The number of amides is 1. The fourth-order valence-electron chi connectivity index (χ4n) is 3.90. The molecule has 1 aromatic heterocycles. The molecule has 5 nitrogen and oxygen atoms in total. The van der Waals surface area contributed by atoms with Gasteiger partial charge in [-0.25, -0.2) is 9.97 Å². The largest absolute Gasteiger partial charge is 0.340 e. The number of hydrogen-bond acceptors (Lipinski definition) is 5. The van der Waals surface area contributed by atoms with Gasteiger partial charge in [0, 0.05) is 44.5 Å². The summed E-state index contributed by atoms with van der Waals surface area (Å²) in [6.45, 7) is 4.96. The van der Waals surface area contributed by atoms with Crippen molar-refractivity contribution in [3.63, 3.8) is 0 Å². The van der Waals surface area contributed by atoms with Gasteiger partial charge in [-0.15, -0.1) is 0 Å². The molecule has 0 spiro atoms. The van der Waals surface area contributed by atoms with Gasteiger partial charge in [0.15, 0.2) is 0 Å². The van der Waals surface area contributed by atoms with Crippen molar-refractivity contribution in [2.75, 3.05) is 36.5 Å². The average Bonchev–Trinajstić information content (AvgIpc) is 2.63. The smallest absolute Gasteiger partial charge is 0.225 e. The molecule has 132 valence electrons. The van der Waals surface area contributed by atoms with Crippen LogP contribution < -0.4 is 4.90 Å². The Morgan fingerprint density at radius 1 is 1.29 bits per heavy atom. The van der Waals surface area contributed by atoms with E-state index in [4.69, 9.17) is 0 Å². The van der Waals surface area contributed by atoms with Crippen molar-refractivity contribution in [2.45, 2.75) is 45.1 Å². The van der Waals surface area contributed by atoms with Crippen LogP contribution in [0.2, 0.25) is 0 Å². The minimum atomic E-state index is 0.356. The number of aryl methyl sites for hydroxylation is 1. The molecule has 2 fully saturated rings. The topological polar surface area (TPSA) is 49.3 Å². The van der Waals surface area contributed by atoms with Crippen molar-refractivity contribution < 1.29 is 4.79 Å². The quantitative estimate of drug-likeness (QED) is 0.740. The minimum absolute atomic E-state index is 0.356. The van der Waals surface area contributed by atoms with Crippen molar-refractivity contribution in [1.29, 1.82) is 0 Å². The number of nitrogens with zero attached hydrogens (tertiary/aromatic N) is 4. The minimum Gasteiger partial charge on any atom is -0.340 e. The summed E-state index contributed by atoms with van der Waals surface area (Å²) >= 11 is 1.86. The lowest BCUT2D eigenvalue weighted by Crippen LogP contribution is -2.56. The molecule has 2 saturated heterocycles. The van der Waals surface area contributed by atoms with Crippen molar-refractivity contribution in [1.82, 2.24) is 14.9 Å². The molecule has 0 N–H and O–H groups in total. The van der Waals surface area contributed by atoms with Crippen LogP contribution in [0.5, 0.6) is 0 Å². The molecule has 6 heteroatoms. The lowest BCUT2D eigenvalue weighted by atomic mass is 9.83. The van der Waals surface area contributed by atoms with Crippen molar-refractivity contribution in [3.8, 4) is 0 Å². The first kappa shape index (κ1) is 17.5. The normalized spacial score (nSPS) is 24.2. The Kier molecular flexibility index (Phi) is 5.98. The molecule has 0 aromatic carbocycles. The Bertz CT molecular complexity index is 550. The summed E-state index contributed by atoms with van der Waals surface area (Å²) < 4.78 is 0. The maximum atomic E-state index is 12.3. The van der Waals surface area contributed by atoms with Crippen molar-refractivity contribution >= 4 is 23.6 Å². The Hall–Kier alpha value is -1.30. The van der Waals surface area contributed by atoms with E-state index in [0.29, 0.717) is 24.3 Å². The molecular weight excluding hydrogens is 320 g/mol. The fourth-order valence-corrected chi connectivity index (χ4v) is 4.31. The molecule has 24 heavy (non-hydrogen) atoms. The van der Waals surface area contributed by atoms with Crippen LogP contribution in [0.15, 0.2) is 12.4 Å². The number of carbonyl (C=O) groups is 1. The Labute approximate surface area is 149 Å². The third-order valence-electron chi connectivity index (χ3n) is 5.27. The highest BCUT2D eigenvalue weighted by molar-refractivity contribution is 7.98. The third kappa shape index (κ3) is 3.85. The summed E-state index contributed by atoms with van der Waals surface area (Å²) in [5, 5.41) is 0. The fraction of sp³-hybridized carbons (Fsp3) is 0.722. The SMILES string of the molecule is CCc1cnc(N2CC[C@@H]3[C@@H](CCC(=O)N3CCCSC)C2)nc1. The van der Waals surface area contributed by atoms with E-state index >= 15 is 0 Å². The van der Waals surface area contributed by atoms with Crippen molar-refractivity contribution in [3.05, 3.63) is 18.0 Å². The van der Waals surface area contributed by atoms with Gasteiger partial charge in [0.1, 0.15) is 0 Å². The molecule has 2 aliphatic heterocycles. The van der Waals surface area contributed by atoms with Gasteiger partial charge in [0.2, 0.25) is 11.9 Å². The molecule has 0 unspecified atom stereocenters. The van der Waals surface area contributed by atoms with Crippen LogP contribution in [0, 0.1) is 5.92 Å². The highest BCUT2D eigenvalue weighted by Gasteiger charge is 2.39. The Morgan fingerprint density at radius 2 is 2.08 bits per heavy atom. The number of hydrogen-bond donors (Lipinski definition) is 0. The number of anilines is 1. The molecule has 3 rings (SSSR count). The van der Waals surface area contributed by atoms with E-state index in [1.54, 1.807) is 0 Å². The zero-order valence-corrected chi connectivity index (χ0v) is 15.6. The molecule has 1 amide bonds. The second kappa shape index (κ2) is 8.19. The van der Waals surface area contributed by atoms with Crippen LogP contribution in [0.1, 0.15) is 38.2 Å². The number of aromatic nitrogens is 2. The number of likely N-dealkylation sites (tertiary alicyclic amines) is 1. The summed E-state index contributed by atoms with van der Waals surface area (Å²) in [6.07, 6.45) is 10.8. The average molecular weight is 349 g/mol. The molecule has 3 heterocycles. The monoisotopic (exact) mass is 348 g/mol. The number of piperidine rings is 2. The second-order valence-corrected chi connectivity index (χ2v) is 7.76. The molecular formula is C18H28N4OS. The summed E-state index contributed by atoms with van der Waals surface area (Å²) in [4.78, 5) is 25.9. The van der Waals surface area contributed by atoms with Gasteiger partial charge in [0.25, 0.3) is 0 Å².